The Morgan fingerprint density at radius 1 is 1.11 bits per heavy atom. The van der Waals surface area contributed by atoms with Crippen LogP contribution in [0.2, 0.25) is 0 Å². The molecule has 110 valence electrons. The summed E-state index contributed by atoms with van der Waals surface area (Å²) in [6.45, 7) is 12.3. The van der Waals surface area contributed by atoms with Crippen LogP contribution in [0.5, 0.6) is 0 Å². The van der Waals surface area contributed by atoms with Gasteiger partial charge in [-0.2, -0.15) is 0 Å². The molecule has 1 saturated heterocycles. The van der Waals surface area contributed by atoms with Crippen molar-refractivity contribution in [2.45, 2.75) is 40.5 Å². The Morgan fingerprint density at radius 2 is 1.58 bits per heavy atom. The second-order valence-electron chi connectivity index (χ2n) is 6.40. The predicted octanol–water partition coefficient (Wildman–Crippen LogP) is 1.79. The van der Waals surface area contributed by atoms with Crippen LogP contribution in [-0.4, -0.2) is 54.2 Å². The van der Waals surface area contributed by atoms with Crippen molar-refractivity contribution in [3.05, 3.63) is 0 Å². The minimum atomic E-state index is 0.175. The number of carbonyl (C=O) groups is 2. The number of ketones is 1. The Balaban J connectivity index is 2.47. The van der Waals surface area contributed by atoms with Crippen molar-refractivity contribution in [2.24, 2.45) is 11.8 Å². The van der Waals surface area contributed by atoms with Gasteiger partial charge >= 0.3 is 0 Å². The van der Waals surface area contributed by atoms with E-state index in [2.05, 4.69) is 32.6 Å². The standard InChI is InChI=1S/C15H28N2O2/c1-12(2)9-16(10-13(3)4)11-15(19)17-7-5-14(18)6-8-17/h12-13H,5-11H2,1-4H3. The lowest BCUT2D eigenvalue weighted by molar-refractivity contribution is -0.135. The fourth-order valence-corrected chi connectivity index (χ4v) is 2.53. The minimum absolute atomic E-state index is 0.175. The Bertz CT molecular complexity index is 293. The number of carbonyl (C=O) groups excluding carboxylic acids is 2. The number of nitrogens with zero attached hydrogens (tertiary/aromatic N) is 2. The third-order valence-electron chi connectivity index (χ3n) is 3.28. The van der Waals surface area contributed by atoms with Crippen LogP contribution in [0.1, 0.15) is 40.5 Å². The van der Waals surface area contributed by atoms with E-state index in [0.717, 1.165) is 13.1 Å². The Morgan fingerprint density at radius 3 is 2.00 bits per heavy atom. The molecular formula is C15H28N2O2. The topological polar surface area (TPSA) is 40.6 Å². The fraction of sp³-hybridized carbons (Fsp3) is 0.867. The van der Waals surface area contributed by atoms with E-state index in [0.29, 0.717) is 44.3 Å². The monoisotopic (exact) mass is 268 g/mol. The molecule has 1 fully saturated rings. The van der Waals surface area contributed by atoms with Gasteiger partial charge in [-0.05, 0) is 11.8 Å². The molecule has 0 atom stereocenters. The van der Waals surface area contributed by atoms with Crippen molar-refractivity contribution in [3.63, 3.8) is 0 Å². The van der Waals surface area contributed by atoms with Crippen LogP contribution in [0.4, 0.5) is 0 Å². The van der Waals surface area contributed by atoms with Crippen LogP contribution in [0, 0.1) is 11.8 Å². The van der Waals surface area contributed by atoms with Crippen molar-refractivity contribution in [1.29, 1.82) is 0 Å². The summed E-state index contributed by atoms with van der Waals surface area (Å²) in [5.41, 5.74) is 0. The van der Waals surface area contributed by atoms with Crippen molar-refractivity contribution in [1.82, 2.24) is 9.80 Å². The average Bonchev–Trinajstić information content (AvgIpc) is 2.27. The van der Waals surface area contributed by atoms with Gasteiger partial charge in [-0.1, -0.05) is 27.7 Å². The molecule has 0 aromatic carbocycles. The van der Waals surface area contributed by atoms with Crippen molar-refractivity contribution < 1.29 is 9.59 Å². The molecule has 4 nitrogen and oxygen atoms in total. The summed E-state index contributed by atoms with van der Waals surface area (Å²) in [5, 5.41) is 0. The molecule has 1 aliphatic rings. The zero-order valence-electron chi connectivity index (χ0n) is 12.8. The molecule has 1 amide bonds. The second kappa shape index (κ2) is 7.63. The summed E-state index contributed by atoms with van der Waals surface area (Å²) in [4.78, 5) is 27.5. The van der Waals surface area contributed by atoms with Crippen LogP contribution in [0.25, 0.3) is 0 Å². The van der Waals surface area contributed by atoms with Gasteiger partial charge in [0, 0.05) is 39.0 Å². The zero-order chi connectivity index (χ0) is 14.4. The van der Waals surface area contributed by atoms with Gasteiger partial charge in [0.25, 0.3) is 0 Å². The van der Waals surface area contributed by atoms with E-state index in [1.165, 1.54) is 0 Å². The van der Waals surface area contributed by atoms with Crippen LogP contribution in [-0.2, 0) is 9.59 Å². The number of Topliss-reactive ketones (excluding diaryl/α,β-unsaturated/α-hetero) is 1. The molecule has 0 unspecified atom stereocenters. The molecule has 4 heteroatoms. The Labute approximate surface area is 117 Å². The van der Waals surface area contributed by atoms with Gasteiger partial charge in [-0.3, -0.25) is 14.5 Å². The van der Waals surface area contributed by atoms with Gasteiger partial charge in [-0.25, -0.2) is 0 Å². The van der Waals surface area contributed by atoms with Crippen molar-refractivity contribution >= 4 is 11.7 Å². The number of likely N-dealkylation sites (tertiary alicyclic amines) is 1. The molecule has 0 N–H and O–H groups in total. The molecule has 0 spiro atoms. The third-order valence-corrected chi connectivity index (χ3v) is 3.28. The Hall–Kier alpha value is -0.900. The molecule has 1 heterocycles. The fourth-order valence-electron chi connectivity index (χ4n) is 2.53. The number of amides is 1. The first-order valence-corrected chi connectivity index (χ1v) is 7.40. The summed E-state index contributed by atoms with van der Waals surface area (Å²) >= 11 is 0. The highest BCUT2D eigenvalue weighted by atomic mass is 16.2. The van der Waals surface area contributed by atoms with E-state index in [9.17, 15) is 9.59 Å². The molecule has 0 aromatic rings. The van der Waals surface area contributed by atoms with Crippen LogP contribution >= 0.6 is 0 Å². The van der Waals surface area contributed by atoms with Gasteiger partial charge in [0.05, 0.1) is 6.54 Å². The van der Waals surface area contributed by atoms with Gasteiger partial charge < -0.3 is 4.90 Å². The predicted molar refractivity (Wildman–Crippen MR) is 76.9 cm³/mol. The average molecular weight is 268 g/mol. The first-order valence-electron chi connectivity index (χ1n) is 7.40. The SMILES string of the molecule is CC(C)CN(CC(=O)N1CCC(=O)CC1)CC(C)C. The molecule has 1 aliphatic heterocycles. The summed E-state index contributed by atoms with van der Waals surface area (Å²) in [6.07, 6.45) is 1.06. The molecule has 0 aliphatic carbocycles. The maximum absolute atomic E-state index is 12.3. The second-order valence-corrected chi connectivity index (χ2v) is 6.40. The smallest absolute Gasteiger partial charge is 0.236 e. The maximum atomic E-state index is 12.3. The first-order chi connectivity index (χ1) is 8.88. The van der Waals surface area contributed by atoms with E-state index in [4.69, 9.17) is 0 Å². The highest BCUT2D eigenvalue weighted by Crippen LogP contribution is 2.09. The van der Waals surface area contributed by atoms with E-state index in [-0.39, 0.29) is 11.7 Å². The zero-order valence-corrected chi connectivity index (χ0v) is 12.8. The molecule has 0 saturated carbocycles. The summed E-state index contributed by atoms with van der Waals surface area (Å²) < 4.78 is 0. The summed E-state index contributed by atoms with van der Waals surface area (Å²) in [7, 11) is 0. The van der Waals surface area contributed by atoms with Crippen LogP contribution in [0.15, 0.2) is 0 Å². The first kappa shape index (κ1) is 16.2. The van der Waals surface area contributed by atoms with Gasteiger partial charge in [0.2, 0.25) is 5.91 Å². The summed E-state index contributed by atoms with van der Waals surface area (Å²) in [6, 6.07) is 0. The van der Waals surface area contributed by atoms with Crippen molar-refractivity contribution in [2.75, 3.05) is 32.7 Å². The normalized spacial score (nSPS) is 16.8. The Kier molecular flexibility index (Phi) is 6.49. The molecule has 0 aromatic heterocycles. The van der Waals surface area contributed by atoms with Crippen molar-refractivity contribution in [3.8, 4) is 0 Å². The lowest BCUT2D eigenvalue weighted by Gasteiger charge is -2.31. The quantitative estimate of drug-likeness (QED) is 0.737. The lowest BCUT2D eigenvalue weighted by Crippen LogP contribution is -2.45. The van der Waals surface area contributed by atoms with Crippen LogP contribution in [0.3, 0.4) is 0 Å². The molecule has 0 radical (unpaired) electrons. The molecular weight excluding hydrogens is 240 g/mol. The molecule has 1 rings (SSSR count). The lowest BCUT2D eigenvalue weighted by atomic mass is 10.1. The van der Waals surface area contributed by atoms with E-state index in [1.807, 2.05) is 4.90 Å². The van der Waals surface area contributed by atoms with Gasteiger partial charge in [0.15, 0.2) is 0 Å². The van der Waals surface area contributed by atoms with E-state index >= 15 is 0 Å². The minimum Gasteiger partial charge on any atom is -0.341 e. The highest BCUT2D eigenvalue weighted by molar-refractivity contribution is 5.84. The number of piperidine rings is 1. The van der Waals surface area contributed by atoms with E-state index < -0.39 is 0 Å². The van der Waals surface area contributed by atoms with Gasteiger partial charge in [0.1, 0.15) is 5.78 Å². The highest BCUT2D eigenvalue weighted by Gasteiger charge is 2.22. The van der Waals surface area contributed by atoms with Gasteiger partial charge in [-0.15, -0.1) is 0 Å². The maximum Gasteiger partial charge on any atom is 0.236 e. The summed E-state index contributed by atoms with van der Waals surface area (Å²) in [5.74, 6) is 1.59. The number of hydrogen-bond acceptors (Lipinski definition) is 3. The van der Waals surface area contributed by atoms with Crippen LogP contribution < -0.4 is 0 Å². The largest absolute Gasteiger partial charge is 0.341 e. The van der Waals surface area contributed by atoms with E-state index in [1.54, 1.807) is 0 Å². The number of rotatable bonds is 6. The number of hydrogen-bond donors (Lipinski definition) is 0. The third kappa shape index (κ3) is 6.19. The molecule has 19 heavy (non-hydrogen) atoms. The molecule has 0 bridgehead atoms.